The predicted molar refractivity (Wildman–Crippen MR) is 48.6 cm³/mol. The summed E-state index contributed by atoms with van der Waals surface area (Å²) < 4.78 is 0. The molecule has 5 N–H and O–H groups in total. The molecule has 5 nitrogen and oxygen atoms in total. The second-order valence-electron chi connectivity index (χ2n) is 2.45. The molecule has 0 aliphatic heterocycles. The van der Waals surface area contributed by atoms with Crippen LogP contribution < -0.4 is 16.8 Å². The summed E-state index contributed by atoms with van der Waals surface area (Å²) in [5.74, 6) is -0.826. The molecule has 0 heterocycles. The molecule has 1 rings (SSSR count). The van der Waals surface area contributed by atoms with Crippen LogP contribution >= 0.6 is 0 Å². The van der Waals surface area contributed by atoms with Crippen molar-refractivity contribution in [1.82, 2.24) is 11.1 Å². The van der Waals surface area contributed by atoms with Crippen molar-refractivity contribution in [3.8, 4) is 0 Å². The van der Waals surface area contributed by atoms with Gasteiger partial charge in [0.15, 0.2) is 5.96 Å². The molecule has 1 amide bonds. The van der Waals surface area contributed by atoms with Gasteiger partial charge in [-0.3, -0.25) is 15.5 Å². The molecule has 5 heteroatoms. The highest BCUT2D eigenvalue weighted by atomic mass is 16.1. The first-order chi connectivity index (χ1) is 6.09. The van der Waals surface area contributed by atoms with Gasteiger partial charge in [0, 0.05) is 5.56 Å². The molecular weight excluding hydrogens is 168 g/mol. The number of hydrogen-bond acceptors (Lipinski definition) is 2. The maximum absolute atomic E-state index is 11.2. The van der Waals surface area contributed by atoms with Gasteiger partial charge in [0.2, 0.25) is 0 Å². The molecule has 0 aliphatic rings. The third-order valence-electron chi connectivity index (χ3n) is 1.40. The Morgan fingerprint density at radius 3 is 2.31 bits per heavy atom. The van der Waals surface area contributed by atoms with Crippen molar-refractivity contribution in [3.63, 3.8) is 0 Å². The Morgan fingerprint density at radius 1 is 1.31 bits per heavy atom. The first-order valence-corrected chi connectivity index (χ1v) is 3.56. The predicted octanol–water partition coefficient (Wildman–Crippen LogP) is 0.224. The number of carbonyl (C=O) groups is 1. The van der Waals surface area contributed by atoms with E-state index in [1.54, 1.807) is 0 Å². The summed E-state index contributed by atoms with van der Waals surface area (Å²) in [5, 5.41) is 8.96. The Morgan fingerprint density at radius 2 is 1.85 bits per heavy atom. The minimum absolute atomic E-state index is 0.333. The van der Waals surface area contributed by atoms with E-state index in [0.29, 0.717) is 11.3 Å². The average Bonchev–Trinajstić information content (AvgIpc) is 2.04. The van der Waals surface area contributed by atoms with Gasteiger partial charge in [-0.05, 0) is 24.3 Å². The number of nitrogens with two attached hydrogens (primary N) is 1. The van der Waals surface area contributed by atoms with Crippen LogP contribution in [0.25, 0.3) is 0 Å². The summed E-state index contributed by atoms with van der Waals surface area (Å²) in [4.78, 5) is 11.2. The highest BCUT2D eigenvalue weighted by molar-refractivity contribution is 6.04. The lowest BCUT2D eigenvalue weighted by Gasteiger charge is -2.01. The van der Waals surface area contributed by atoms with Crippen LogP contribution in [0.3, 0.4) is 0 Å². The SMILES string of the molecule is [NH]c1ccc(C(=O)NC(=N)N)cc1. The molecule has 0 spiro atoms. The Bertz CT molecular complexity index is 331. The van der Waals surface area contributed by atoms with Gasteiger partial charge in [-0.15, -0.1) is 0 Å². The van der Waals surface area contributed by atoms with Crippen molar-refractivity contribution in [1.29, 1.82) is 5.41 Å². The summed E-state index contributed by atoms with van der Waals surface area (Å²) >= 11 is 0. The number of amides is 1. The molecule has 0 aliphatic carbocycles. The van der Waals surface area contributed by atoms with Gasteiger partial charge in [0.1, 0.15) is 0 Å². The third kappa shape index (κ3) is 2.48. The zero-order valence-corrected chi connectivity index (χ0v) is 6.79. The highest BCUT2D eigenvalue weighted by Crippen LogP contribution is 2.06. The molecule has 1 radical (unpaired) electrons. The smallest absolute Gasteiger partial charge is 0.257 e. The maximum atomic E-state index is 11.2. The number of guanidine groups is 1. The molecule has 1 aromatic carbocycles. The van der Waals surface area contributed by atoms with Crippen molar-refractivity contribution in [2.24, 2.45) is 5.73 Å². The normalized spacial score (nSPS) is 9.23. The lowest BCUT2D eigenvalue weighted by Crippen LogP contribution is -2.35. The summed E-state index contributed by atoms with van der Waals surface area (Å²) in [6, 6.07) is 5.99. The second kappa shape index (κ2) is 3.57. The molecule has 0 saturated heterocycles. The van der Waals surface area contributed by atoms with E-state index in [0.717, 1.165) is 0 Å². The number of benzene rings is 1. The van der Waals surface area contributed by atoms with Crippen molar-refractivity contribution in [2.45, 2.75) is 0 Å². The minimum atomic E-state index is -0.438. The fourth-order valence-electron chi connectivity index (χ4n) is 0.816. The Kier molecular flexibility index (Phi) is 2.49. The van der Waals surface area contributed by atoms with Crippen LogP contribution in [0.4, 0.5) is 5.69 Å². The van der Waals surface area contributed by atoms with Crippen LogP contribution in [0.5, 0.6) is 0 Å². The summed E-state index contributed by atoms with van der Waals surface area (Å²) in [7, 11) is 0. The zero-order valence-electron chi connectivity index (χ0n) is 6.79. The van der Waals surface area contributed by atoms with Gasteiger partial charge >= 0.3 is 0 Å². The highest BCUT2D eigenvalue weighted by Gasteiger charge is 2.04. The first-order valence-electron chi connectivity index (χ1n) is 3.56. The molecule has 0 saturated carbocycles. The van der Waals surface area contributed by atoms with E-state index in [4.69, 9.17) is 16.9 Å². The van der Waals surface area contributed by atoms with E-state index in [1.165, 1.54) is 24.3 Å². The van der Waals surface area contributed by atoms with Gasteiger partial charge < -0.3 is 11.5 Å². The molecule has 0 atom stereocenters. The van der Waals surface area contributed by atoms with Crippen molar-refractivity contribution in [3.05, 3.63) is 29.8 Å². The largest absolute Gasteiger partial charge is 0.370 e. The Labute approximate surface area is 75.2 Å². The lowest BCUT2D eigenvalue weighted by atomic mass is 10.2. The number of hydrogen-bond donors (Lipinski definition) is 3. The lowest BCUT2D eigenvalue weighted by molar-refractivity contribution is 0.0976. The van der Waals surface area contributed by atoms with Crippen LogP contribution in [0.1, 0.15) is 10.4 Å². The summed E-state index contributed by atoms with van der Waals surface area (Å²) in [6.45, 7) is 0. The molecule has 0 fully saturated rings. The van der Waals surface area contributed by atoms with Crippen molar-refractivity contribution < 1.29 is 4.79 Å². The van der Waals surface area contributed by atoms with Crippen molar-refractivity contribution >= 4 is 17.6 Å². The molecule has 0 aromatic heterocycles. The number of rotatable bonds is 1. The van der Waals surface area contributed by atoms with Crippen LogP contribution in [0.15, 0.2) is 24.3 Å². The third-order valence-corrected chi connectivity index (χ3v) is 1.40. The standard InChI is InChI=1S/C8H9N4O/c9-6-3-1-5(2-4-6)7(13)12-8(10)11/h1-4,9H,(H4,10,11,12,13). The van der Waals surface area contributed by atoms with Crippen LogP contribution in [0, 0.1) is 5.41 Å². The Hall–Kier alpha value is -2.04. The van der Waals surface area contributed by atoms with Crippen LogP contribution in [-0.4, -0.2) is 11.9 Å². The minimum Gasteiger partial charge on any atom is -0.370 e. The second-order valence-corrected chi connectivity index (χ2v) is 2.45. The Balaban J connectivity index is 2.78. The molecular formula is C8H9N4O. The molecule has 0 unspecified atom stereocenters. The van der Waals surface area contributed by atoms with Crippen molar-refractivity contribution in [2.75, 3.05) is 0 Å². The zero-order chi connectivity index (χ0) is 9.84. The van der Waals surface area contributed by atoms with Gasteiger partial charge in [-0.25, -0.2) is 0 Å². The molecule has 67 valence electrons. The fourth-order valence-corrected chi connectivity index (χ4v) is 0.816. The number of nitrogens with one attached hydrogen (secondary N) is 3. The van der Waals surface area contributed by atoms with E-state index < -0.39 is 5.91 Å². The maximum Gasteiger partial charge on any atom is 0.257 e. The van der Waals surface area contributed by atoms with E-state index in [-0.39, 0.29) is 5.96 Å². The topological polar surface area (TPSA) is 103 Å². The van der Waals surface area contributed by atoms with Gasteiger partial charge in [0.05, 0.1) is 5.69 Å². The van der Waals surface area contributed by atoms with Gasteiger partial charge in [0.25, 0.3) is 5.91 Å². The van der Waals surface area contributed by atoms with E-state index in [1.807, 2.05) is 0 Å². The average molecular weight is 177 g/mol. The molecule has 0 bridgehead atoms. The van der Waals surface area contributed by atoms with Gasteiger partial charge in [-0.2, -0.15) is 0 Å². The fraction of sp³-hybridized carbons (Fsp3) is 0. The van der Waals surface area contributed by atoms with Crippen LogP contribution in [0.2, 0.25) is 0 Å². The van der Waals surface area contributed by atoms with E-state index in [9.17, 15) is 4.79 Å². The quantitative estimate of drug-likeness (QED) is 0.422. The molecule has 13 heavy (non-hydrogen) atoms. The van der Waals surface area contributed by atoms with Crippen LogP contribution in [-0.2, 0) is 0 Å². The first kappa shape index (κ1) is 9.05. The monoisotopic (exact) mass is 177 g/mol. The molecule has 1 aromatic rings. The van der Waals surface area contributed by atoms with Gasteiger partial charge in [-0.1, -0.05) is 0 Å². The number of carbonyl (C=O) groups excluding carboxylic acids is 1. The summed E-state index contributed by atoms with van der Waals surface area (Å²) in [6.07, 6.45) is 0. The van der Waals surface area contributed by atoms with E-state index in [2.05, 4.69) is 5.32 Å². The van der Waals surface area contributed by atoms with E-state index >= 15 is 0 Å². The summed E-state index contributed by atoms with van der Waals surface area (Å²) in [5.41, 5.74) is 12.9.